The summed E-state index contributed by atoms with van der Waals surface area (Å²) in [4.78, 5) is 17.7. The number of aromatic nitrogens is 1. The Hall–Kier alpha value is -3.38. The SMILES string of the molecule is COc1cccc(NC(=O)C(Nc2ccc3nc(C)sc3c2)c2ccccc2)c1. The topological polar surface area (TPSA) is 63.2 Å². The highest BCUT2D eigenvalue weighted by Gasteiger charge is 2.21. The number of anilines is 2. The first kappa shape index (κ1) is 19.0. The molecule has 3 aromatic carbocycles. The summed E-state index contributed by atoms with van der Waals surface area (Å²) >= 11 is 1.64. The predicted molar refractivity (Wildman–Crippen MR) is 119 cm³/mol. The third-order valence-corrected chi connectivity index (χ3v) is 5.47. The van der Waals surface area contributed by atoms with Crippen molar-refractivity contribution in [1.82, 2.24) is 4.98 Å². The molecule has 1 heterocycles. The number of thiazole rings is 1. The number of aryl methyl sites for hydroxylation is 1. The minimum absolute atomic E-state index is 0.148. The fourth-order valence-electron chi connectivity index (χ4n) is 3.16. The van der Waals surface area contributed by atoms with E-state index < -0.39 is 6.04 Å². The first-order chi connectivity index (χ1) is 14.1. The number of hydrogen-bond acceptors (Lipinski definition) is 5. The Morgan fingerprint density at radius 2 is 1.83 bits per heavy atom. The number of carbonyl (C=O) groups excluding carboxylic acids is 1. The van der Waals surface area contributed by atoms with Crippen LogP contribution in [-0.2, 0) is 4.79 Å². The molecule has 0 aliphatic heterocycles. The maximum atomic E-state index is 13.2. The van der Waals surface area contributed by atoms with Crippen LogP contribution in [0.1, 0.15) is 16.6 Å². The van der Waals surface area contributed by atoms with Crippen LogP contribution in [0.25, 0.3) is 10.2 Å². The molecule has 1 unspecified atom stereocenters. The molecule has 0 bridgehead atoms. The number of benzene rings is 3. The van der Waals surface area contributed by atoms with Crippen molar-refractivity contribution in [3.8, 4) is 5.75 Å². The normalized spacial score (nSPS) is 11.8. The molecule has 0 spiro atoms. The Labute approximate surface area is 173 Å². The molecule has 29 heavy (non-hydrogen) atoms. The molecule has 0 saturated carbocycles. The van der Waals surface area contributed by atoms with Gasteiger partial charge in [0.2, 0.25) is 0 Å². The summed E-state index contributed by atoms with van der Waals surface area (Å²) in [6, 6.07) is 22.4. The first-order valence-corrected chi connectivity index (χ1v) is 10.1. The monoisotopic (exact) mass is 403 g/mol. The Balaban J connectivity index is 1.62. The zero-order chi connectivity index (χ0) is 20.2. The number of amides is 1. The van der Waals surface area contributed by atoms with E-state index in [-0.39, 0.29) is 5.91 Å². The molecule has 6 heteroatoms. The van der Waals surface area contributed by atoms with Crippen LogP contribution in [0.2, 0.25) is 0 Å². The molecule has 0 radical (unpaired) electrons. The van der Waals surface area contributed by atoms with Gasteiger partial charge >= 0.3 is 0 Å². The predicted octanol–water partition coefficient (Wildman–Crippen LogP) is 5.41. The summed E-state index contributed by atoms with van der Waals surface area (Å²) in [7, 11) is 1.60. The largest absolute Gasteiger partial charge is 0.497 e. The van der Waals surface area contributed by atoms with E-state index in [1.165, 1.54) is 0 Å². The lowest BCUT2D eigenvalue weighted by molar-refractivity contribution is -0.117. The van der Waals surface area contributed by atoms with Gasteiger partial charge in [0.1, 0.15) is 11.8 Å². The fourth-order valence-corrected chi connectivity index (χ4v) is 4.02. The Bertz CT molecular complexity index is 1140. The lowest BCUT2D eigenvalue weighted by Crippen LogP contribution is -2.27. The van der Waals surface area contributed by atoms with Crippen LogP contribution >= 0.6 is 11.3 Å². The van der Waals surface area contributed by atoms with E-state index in [0.717, 1.165) is 26.5 Å². The average molecular weight is 404 g/mol. The molecule has 1 aromatic heterocycles. The third-order valence-electron chi connectivity index (χ3n) is 4.54. The summed E-state index contributed by atoms with van der Waals surface area (Å²) in [5.74, 6) is 0.545. The maximum absolute atomic E-state index is 13.2. The number of nitrogens with one attached hydrogen (secondary N) is 2. The van der Waals surface area contributed by atoms with Crippen LogP contribution in [0.3, 0.4) is 0 Å². The summed E-state index contributed by atoms with van der Waals surface area (Å²) in [5.41, 5.74) is 3.41. The molecule has 0 fully saturated rings. The highest BCUT2D eigenvalue weighted by atomic mass is 32.1. The van der Waals surface area contributed by atoms with Gasteiger partial charge in [-0.05, 0) is 42.8 Å². The molecular weight excluding hydrogens is 382 g/mol. The van der Waals surface area contributed by atoms with Gasteiger partial charge in [-0.1, -0.05) is 36.4 Å². The van der Waals surface area contributed by atoms with Crippen LogP contribution in [0.15, 0.2) is 72.8 Å². The molecule has 146 valence electrons. The Kier molecular flexibility index (Phi) is 5.44. The van der Waals surface area contributed by atoms with Crippen LogP contribution in [0.4, 0.5) is 11.4 Å². The van der Waals surface area contributed by atoms with Gasteiger partial charge in [0.05, 0.1) is 22.3 Å². The average Bonchev–Trinajstić information content (AvgIpc) is 3.12. The van der Waals surface area contributed by atoms with Crippen molar-refractivity contribution in [1.29, 1.82) is 0 Å². The van der Waals surface area contributed by atoms with E-state index >= 15 is 0 Å². The van der Waals surface area contributed by atoms with E-state index in [2.05, 4.69) is 15.6 Å². The third kappa shape index (κ3) is 4.38. The van der Waals surface area contributed by atoms with E-state index in [1.54, 1.807) is 24.5 Å². The van der Waals surface area contributed by atoms with Crippen molar-refractivity contribution in [3.05, 3.63) is 83.4 Å². The van der Waals surface area contributed by atoms with Crippen molar-refractivity contribution < 1.29 is 9.53 Å². The number of carbonyl (C=O) groups is 1. The number of hydrogen-bond donors (Lipinski definition) is 2. The van der Waals surface area contributed by atoms with Crippen LogP contribution in [-0.4, -0.2) is 18.0 Å². The lowest BCUT2D eigenvalue weighted by Gasteiger charge is -2.20. The number of ether oxygens (including phenoxy) is 1. The molecule has 5 nitrogen and oxygen atoms in total. The van der Waals surface area contributed by atoms with Gasteiger partial charge in [-0.2, -0.15) is 0 Å². The summed E-state index contributed by atoms with van der Waals surface area (Å²) in [6.07, 6.45) is 0. The number of rotatable bonds is 6. The van der Waals surface area contributed by atoms with Gasteiger partial charge in [0.15, 0.2) is 0 Å². The molecule has 0 aliphatic carbocycles. The van der Waals surface area contributed by atoms with Gasteiger partial charge < -0.3 is 15.4 Å². The quantitative estimate of drug-likeness (QED) is 0.452. The highest BCUT2D eigenvalue weighted by molar-refractivity contribution is 7.18. The Morgan fingerprint density at radius 3 is 2.62 bits per heavy atom. The summed E-state index contributed by atoms with van der Waals surface area (Å²) in [5, 5.41) is 7.39. The zero-order valence-corrected chi connectivity index (χ0v) is 17.0. The van der Waals surface area contributed by atoms with E-state index in [1.807, 2.05) is 73.7 Å². The molecule has 2 N–H and O–H groups in total. The van der Waals surface area contributed by atoms with E-state index in [0.29, 0.717) is 11.4 Å². The van der Waals surface area contributed by atoms with Crippen LogP contribution < -0.4 is 15.4 Å². The van der Waals surface area contributed by atoms with Crippen molar-refractivity contribution in [2.45, 2.75) is 13.0 Å². The molecule has 4 aromatic rings. The second kappa shape index (κ2) is 8.32. The first-order valence-electron chi connectivity index (χ1n) is 9.26. The lowest BCUT2D eigenvalue weighted by atomic mass is 10.1. The fraction of sp³-hybridized carbons (Fsp3) is 0.130. The van der Waals surface area contributed by atoms with Crippen molar-refractivity contribution in [3.63, 3.8) is 0 Å². The molecule has 1 amide bonds. The summed E-state index contributed by atoms with van der Waals surface area (Å²) in [6.45, 7) is 1.99. The number of fused-ring (bicyclic) bond motifs is 1. The minimum Gasteiger partial charge on any atom is -0.497 e. The summed E-state index contributed by atoms with van der Waals surface area (Å²) < 4.78 is 6.34. The van der Waals surface area contributed by atoms with Gasteiger partial charge in [0, 0.05) is 17.4 Å². The van der Waals surface area contributed by atoms with Crippen molar-refractivity contribution >= 4 is 38.8 Å². The van der Waals surface area contributed by atoms with E-state index in [4.69, 9.17) is 4.74 Å². The molecule has 0 aliphatic rings. The molecule has 4 rings (SSSR count). The maximum Gasteiger partial charge on any atom is 0.251 e. The molecule has 1 atom stereocenters. The second-order valence-electron chi connectivity index (χ2n) is 6.62. The van der Waals surface area contributed by atoms with Crippen molar-refractivity contribution in [2.75, 3.05) is 17.7 Å². The highest BCUT2D eigenvalue weighted by Crippen LogP contribution is 2.28. The second-order valence-corrected chi connectivity index (χ2v) is 7.86. The number of nitrogens with zero attached hydrogens (tertiary/aromatic N) is 1. The smallest absolute Gasteiger partial charge is 0.251 e. The molecular formula is C23H21N3O2S. The minimum atomic E-state index is -0.547. The van der Waals surface area contributed by atoms with Gasteiger partial charge in [-0.25, -0.2) is 4.98 Å². The van der Waals surface area contributed by atoms with E-state index in [9.17, 15) is 4.79 Å². The zero-order valence-electron chi connectivity index (χ0n) is 16.2. The number of methoxy groups -OCH3 is 1. The Morgan fingerprint density at radius 1 is 1.00 bits per heavy atom. The van der Waals surface area contributed by atoms with Gasteiger partial charge in [-0.3, -0.25) is 4.79 Å². The van der Waals surface area contributed by atoms with Gasteiger partial charge in [-0.15, -0.1) is 11.3 Å². The van der Waals surface area contributed by atoms with Crippen molar-refractivity contribution in [2.24, 2.45) is 0 Å². The van der Waals surface area contributed by atoms with Crippen LogP contribution in [0.5, 0.6) is 5.75 Å². The molecule has 0 saturated heterocycles. The van der Waals surface area contributed by atoms with Crippen LogP contribution in [0, 0.1) is 6.92 Å². The standard InChI is InChI=1S/C23H21N3O2S/c1-15-24-20-12-11-18(14-21(20)29-15)25-22(16-7-4-3-5-8-16)23(27)26-17-9-6-10-19(13-17)28-2/h3-14,22,25H,1-2H3,(H,26,27). The van der Waals surface area contributed by atoms with Gasteiger partial charge in [0.25, 0.3) is 5.91 Å².